The zero-order valence-corrected chi connectivity index (χ0v) is 2.86. The van der Waals surface area contributed by atoms with E-state index < -0.39 is 0 Å². The number of hydrogen-bond donors (Lipinski definition) is 0. The molecule has 5 heavy (non-hydrogen) atoms. The fourth-order valence-electron chi connectivity index (χ4n) is 0. The third-order valence-corrected chi connectivity index (χ3v) is 0.185. The molecule has 24 valence electrons. The summed E-state index contributed by atoms with van der Waals surface area (Å²) in [5.41, 5.74) is 0.282. The third-order valence-electron chi connectivity index (χ3n) is 0.185. The average Bonchev–Trinajstić information content (AvgIpc) is 1.38. The maximum Gasteiger partial charge on any atom is 0.00214 e. The Bertz CT molecular complexity index is 72.5. The fraction of sp³-hybridized carbons (Fsp3) is 0. The molecule has 0 rings (SSSR count). The van der Waals surface area contributed by atoms with Gasteiger partial charge in [-0.1, -0.05) is 5.92 Å². The van der Waals surface area contributed by atoms with Gasteiger partial charge in [0.15, 0.2) is 0 Å². The second kappa shape index (κ2) is 1.60. The smallest absolute Gasteiger partial charge is 0.00214 e. The predicted octanol–water partition coefficient (Wildman–Crippen LogP) is 0.813. The van der Waals surface area contributed by atoms with Gasteiger partial charge in [0, 0.05) is 5.57 Å². The molecule has 0 aromatic rings. The maximum atomic E-state index is 4.86. The van der Waals surface area contributed by atoms with E-state index in [1.54, 1.807) is 0 Å². The Morgan fingerprint density at radius 1 is 1.80 bits per heavy atom. The number of hydrogen-bond acceptors (Lipinski definition) is 0. The Hall–Kier alpha value is -0.700. The molecular weight excluding hydrogens is 60.1 g/mol. The van der Waals surface area contributed by atoms with Crippen LogP contribution in [0.4, 0.5) is 0 Å². The molecule has 0 heterocycles. The molecule has 0 fully saturated rings. The molecular formula is C5H4. The molecule has 0 aromatic carbocycles. The summed E-state index contributed by atoms with van der Waals surface area (Å²) in [6.07, 6.45) is 4.70. The Morgan fingerprint density at radius 3 is 2.00 bits per heavy atom. The van der Waals surface area contributed by atoms with Crippen molar-refractivity contribution in [3.8, 4) is 12.3 Å². The first kappa shape index (κ1) is 4.30. The van der Waals surface area contributed by atoms with Crippen molar-refractivity contribution in [2.24, 2.45) is 0 Å². The highest BCUT2D eigenvalue weighted by molar-refractivity contribution is 5.21. The van der Waals surface area contributed by atoms with E-state index in [1.807, 2.05) is 0 Å². The second-order valence-electron chi connectivity index (χ2n) is 0.670. The van der Waals surface area contributed by atoms with Crippen LogP contribution in [0.15, 0.2) is 5.57 Å². The van der Waals surface area contributed by atoms with Crippen LogP contribution >= 0.6 is 0 Å². The molecule has 0 N–H and O–H groups in total. The van der Waals surface area contributed by atoms with Crippen LogP contribution in [0.1, 0.15) is 0 Å². The van der Waals surface area contributed by atoms with Crippen LogP contribution < -0.4 is 0 Å². The van der Waals surface area contributed by atoms with Gasteiger partial charge in [0.25, 0.3) is 0 Å². The molecule has 0 aliphatic rings. The first-order valence-electron chi connectivity index (χ1n) is 1.18. The van der Waals surface area contributed by atoms with Crippen molar-refractivity contribution in [3.05, 3.63) is 19.1 Å². The van der Waals surface area contributed by atoms with Crippen molar-refractivity contribution in [2.75, 3.05) is 0 Å². The standard InChI is InChI=1S/C5H4/c1-4-5(2)3/h1-2H,3H2. The molecule has 0 saturated heterocycles. The number of rotatable bonds is 0. The van der Waals surface area contributed by atoms with Crippen molar-refractivity contribution in [1.29, 1.82) is 0 Å². The molecule has 0 aliphatic carbocycles. The van der Waals surface area contributed by atoms with Crippen LogP contribution in [0.5, 0.6) is 0 Å². The van der Waals surface area contributed by atoms with Gasteiger partial charge in [-0.05, 0) is 13.5 Å². The van der Waals surface area contributed by atoms with Gasteiger partial charge in [0.05, 0.1) is 0 Å². The minimum absolute atomic E-state index is 0.282. The minimum Gasteiger partial charge on any atom is -0.115 e. The van der Waals surface area contributed by atoms with Crippen LogP contribution in [-0.4, -0.2) is 0 Å². The molecule has 0 aromatic heterocycles. The molecule has 0 spiro atoms. The molecule has 0 aliphatic heterocycles. The number of allylic oxidation sites excluding steroid dienone is 1. The second-order valence-corrected chi connectivity index (χ2v) is 0.670. The van der Waals surface area contributed by atoms with E-state index in [1.165, 1.54) is 0 Å². The van der Waals surface area contributed by atoms with Crippen LogP contribution in [0.2, 0.25) is 0 Å². The molecule has 0 heteroatoms. The normalized spacial score (nSPS) is 5.60. The lowest BCUT2D eigenvalue weighted by molar-refractivity contribution is 1.88. The minimum atomic E-state index is 0.282. The Kier molecular flexibility index (Phi) is 1.38. The molecule has 0 saturated carbocycles. The van der Waals surface area contributed by atoms with Crippen LogP contribution in [0, 0.1) is 25.8 Å². The van der Waals surface area contributed by atoms with E-state index >= 15 is 0 Å². The Morgan fingerprint density at radius 2 is 2.00 bits per heavy atom. The van der Waals surface area contributed by atoms with Crippen molar-refractivity contribution >= 4 is 0 Å². The largest absolute Gasteiger partial charge is 0.115 e. The summed E-state index contributed by atoms with van der Waals surface area (Å²) in [5.74, 6) is 2.11. The lowest BCUT2D eigenvalue weighted by Crippen LogP contribution is -1.53. The summed E-state index contributed by atoms with van der Waals surface area (Å²) in [6, 6.07) is 0. The SMILES string of the molecule is [CH]=C([CH2])C#C. The summed E-state index contributed by atoms with van der Waals surface area (Å²) in [6.45, 7) is 8.08. The summed E-state index contributed by atoms with van der Waals surface area (Å²) in [5, 5.41) is 0. The first-order chi connectivity index (χ1) is 2.27. The molecule has 0 nitrogen and oxygen atoms in total. The van der Waals surface area contributed by atoms with Crippen molar-refractivity contribution in [2.45, 2.75) is 0 Å². The highest BCUT2D eigenvalue weighted by Crippen LogP contribution is 1.72. The third kappa shape index (κ3) is 3.30. The highest BCUT2D eigenvalue weighted by atomic mass is 13.6. The lowest BCUT2D eigenvalue weighted by Gasteiger charge is -1.65. The van der Waals surface area contributed by atoms with Gasteiger partial charge in [-0.15, -0.1) is 6.42 Å². The molecule has 0 amide bonds. The summed E-state index contributed by atoms with van der Waals surface area (Å²) in [4.78, 5) is 0. The van der Waals surface area contributed by atoms with Gasteiger partial charge >= 0.3 is 0 Å². The fourth-order valence-corrected chi connectivity index (χ4v) is 0. The molecule has 0 unspecified atom stereocenters. The van der Waals surface area contributed by atoms with Crippen molar-refractivity contribution < 1.29 is 0 Å². The lowest BCUT2D eigenvalue weighted by atomic mass is 10.4. The van der Waals surface area contributed by atoms with E-state index in [0.717, 1.165) is 0 Å². The molecule has 2 radical (unpaired) electrons. The first-order valence-corrected chi connectivity index (χ1v) is 1.18. The van der Waals surface area contributed by atoms with Crippen LogP contribution in [0.3, 0.4) is 0 Å². The van der Waals surface area contributed by atoms with E-state index in [-0.39, 0.29) is 5.57 Å². The summed E-state index contributed by atoms with van der Waals surface area (Å²) >= 11 is 0. The quantitative estimate of drug-likeness (QED) is 0.366. The van der Waals surface area contributed by atoms with E-state index in [0.29, 0.717) is 0 Å². The number of terminal acetylenes is 1. The van der Waals surface area contributed by atoms with E-state index in [2.05, 4.69) is 12.8 Å². The molecule has 0 bridgehead atoms. The Balaban J connectivity index is 3.35. The van der Waals surface area contributed by atoms with E-state index in [4.69, 9.17) is 13.0 Å². The van der Waals surface area contributed by atoms with Gasteiger partial charge in [0.2, 0.25) is 0 Å². The van der Waals surface area contributed by atoms with Gasteiger partial charge in [-0.2, -0.15) is 0 Å². The topological polar surface area (TPSA) is 0 Å². The highest BCUT2D eigenvalue weighted by Gasteiger charge is 1.60. The van der Waals surface area contributed by atoms with Gasteiger partial charge in [-0.25, -0.2) is 0 Å². The summed E-state index contributed by atoms with van der Waals surface area (Å²) < 4.78 is 0. The zero-order chi connectivity index (χ0) is 4.28. The summed E-state index contributed by atoms with van der Waals surface area (Å²) in [7, 11) is 0. The van der Waals surface area contributed by atoms with Crippen molar-refractivity contribution in [3.63, 3.8) is 0 Å². The average molecular weight is 64.1 g/mol. The van der Waals surface area contributed by atoms with Crippen LogP contribution in [0.25, 0.3) is 0 Å². The van der Waals surface area contributed by atoms with Gasteiger partial charge in [-0.3, -0.25) is 0 Å². The molecule has 0 atom stereocenters. The zero-order valence-electron chi connectivity index (χ0n) is 2.86. The van der Waals surface area contributed by atoms with Gasteiger partial charge < -0.3 is 0 Å². The van der Waals surface area contributed by atoms with Gasteiger partial charge in [0.1, 0.15) is 0 Å². The monoisotopic (exact) mass is 64.0 g/mol. The van der Waals surface area contributed by atoms with E-state index in [9.17, 15) is 0 Å². The van der Waals surface area contributed by atoms with Crippen LogP contribution in [-0.2, 0) is 0 Å². The maximum absolute atomic E-state index is 4.86. The predicted molar refractivity (Wildman–Crippen MR) is 22.0 cm³/mol. The Labute approximate surface area is 32.5 Å². The van der Waals surface area contributed by atoms with Crippen molar-refractivity contribution in [1.82, 2.24) is 0 Å².